The third-order valence-electron chi connectivity index (χ3n) is 3.66. The number of nitrogens with one attached hydrogen (secondary N) is 1. The number of hydrogen-bond acceptors (Lipinski definition) is 2. The second-order valence-corrected chi connectivity index (χ2v) is 4.45. The maximum absolute atomic E-state index is 8.23. The topological polar surface area (TPSA) is 36.3 Å². The van der Waals surface area contributed by atoms with Crippen LogP contribution in [0, 0.1) is 5.41 Å². The van der Waals surface area contributed by atoms with Gasteiger partial charge >= 0.3 is 0 Å². The second kappa shape index (κ2) is 3.89. The first-order chi connectivity index (χ1) is 6.78. The van der Waals surface area contributed by atoms with Gasteiger partial charge in [0, 0.05) is 20.2 Å². The van der Waals surface area contributed by atoms with E-state index in [1.165, 1.54) is 25.7 Å². The van der Waals surface area contributed by atoms with Crippen molar-refractivity contribution < 1.29 is 4.74 Å². The van der Waals surface area contributed by atoms with Crippen LogP contribution >= 0.6 is 0 Å². The molecule has 0 aromatic rings. The summed E-state index contributed by atoms with van der Waals surface area (Å²) in [5.74, 6) is 0.745. The minimum absolute atomic E-state index is 0.232. The number of methoxy groups -OCH3 is 1. The maximum atomic E-state index is 8.23. The SMILES string of the molecule is COC1(C(=N)N2CCCC2)CCCC1. The van der Waals surface area contributed by atoms with Gasteiger partial charge in [-0.2, -0.15) is 0 Å². The van der Waals surface area contributed by atoms with Crippen LogP contribution in [0.1, 0.15) is 38.5 Å². The molecule has 0 atom stereocenters. The van der Waals surface area contributed by atoms with E-state index in [1.54, 1.807) is 7.11 Å². The monoisotopic (exact) mass is 196 g/mol. The number of hydrogen-bond donors (Lipinski definition) is 1. The van der Waals surface area contributed by atoms with Crippen molar-refractivity contribution >= 4 is 5.84 Å². The molecule has 2 rings (SSSR count). The summed E-state index contributed by atoms with van der Waals surface area (Å²) in [5.41, 5.74) is -0.232. The zero-order valence-corrected chi connectivity index (χ0v) is 9.01. The van der Waals surface area contributed by atoms with Crippen LogP contribution < -0.4 is 0 Å². The average molecular weight is 196 g/mol. The van der Waals surface area contributed by atoms with Crippen LogP contribution in [0.4, 0.5) is 0 Å². The van der Waals surface area contributed by atoms with Gasteiger partial charge in [0.1, 0.15) is 11.4 Å². The molecule has 2 fully saturated rings. The molecule has 14 heavy (non-hydrogen) atoms. The number of nitrogens with zero attached hydrogens (tertiary/aromatic N) is 1. The van der Waals surface area contributed by atoms with E-state index in [-0.39, 0.29) is 5.60 Å². The molecule has 0 spiro atoms. The van der Waals surface area contributed by atoms with E-state index in [0.717, 1.165) is 31.8 Å². The predicted molar refractivity (Wildman–Crippen MR) is 56.7 cm³/mol. The third kappa shape index (κ3) is 1.54. The molecule has 80 valence electrons. The van der Waals surface area contributed by atoms with Gasteiger partial charge in [-0.1, -0.05) is 0 Å². The Hall–Kier alpha value is -0.570. The van der Waals surface area contributed by atoms with Gasteiger partial charge < -0.3 is 9.64 Å². The average Bonchev–Trinajstić information content (AvgIpc) is 2.89. The molecule has 3 nitrogen and oxygen atoms in total. The van der Waals surface area contributed by atoms with E-state index in [4.69, 9.17) is 10.1 Å². The highest BCUT2D eigenvalue weighted by atomic mass is 16.5. The molecular weight excluding hydrogens is 176 g/mol. The summed E-state index contributed by atoms with van der Waals surface area (Å²) in [6, 6.07) is 0. The Bertz CT molecular complexity index is 215. The van der Waals surface area contributed by atoms with Crippen LogP contribution in [-0.4, -0.2) is 36.5 Å². The van der Waals surface area contributed by atoms with Crippen molar-refractivity contribution in [3.63, 3.8) is 0 Å². The molecular formula is C11H20N2O. The lowest BCUT2D eigenvalue weighted by atomic mass is 9.99. The molecule has 1 saturated carbocycles. The zero-order valence-electron chi connectivity index (χ0n) is 9.01. The van der Waals surface area contributed by atoms with Crippen LogP contribution in [-0.2, 0) is 4.74 Å². The maximum Gasteiger partial charge on any atom is 0.129 e. The lowest BCUT2D eigenvalue weighted by Crippen LogP contribution is -2.47. The van der Waals surface area contributed by atoms with E-state index in [9.17, 15) is 0 Å². The Morgan fingerprint density at radius 3 is 2.21 bits per heavy atom. The number of amidine groups is 1. The van der Waals surface area contributed by atoms with E-state index in [2.05, 4.69) is 4.90 Å². The smallest absolute Gasteiger partial charge is 0.129 e. The first kappa shape index (κ1) is 9.97. The third-order valence-corrected chi connectivity index (χ3v) is 3.66. The van der Waals surface area contributed by atoms with Gasteiger partial charge in [-0.25, -0.2) is 0 Å². The summed E-state index contributed by atoms with van der Waals surface area (Å²) in [6.45, 7) is 2.12. The minimum Gasteiger partial charge on any atom is -0.370 e. The molecule has 1 aliphatic heterocycles. The molecule has 1 aliphatic carbocycles. The fourth-order valence-electron chi connectivity index (χ4n) is 2.71. The number of likely N-dealkylation sites (tertiary alicyclic amines) is 1. The molecule has 0 unspecified atom stereocenters. The van der Waals surface area contributed by atoms with Gasteiger partial charge in [0.25, 0.3) is 0 Å². The highest BCUT2D eigenvalue weighted by Crippen LogP contribution is 2.35. The Kier molecular flexibility index (Phi) is 2.77. The summed E-state index contributed by atoms with van der Waals surface area (Å²) < 4.78 is 5.61. The normalized spacial score (nSPS) is 25.6. The quantitative estimate of drug-likeness (QED) is 0.542. The largest absolute Gasteiger partial charge is 0.370 e. The lowest BCUT2D eigenvalue weighted by molar-refractivity contribution is 0.0454. The molecule has 0 aromatic heterocycles. The second-order valence-electron chi connectivity index (χ2n) is 4.45. The van der Waals surface area contributed by atoms with Crippen LogP contribution in [0.15, 0.2) is 0 Å². The van der Waals surface area contributed by atoms with E-state index in [0.29, 0.717) is 0 Å². The molecule has 1 saturated heterocycles. The molecule has 3 heteroatoms. The van der Waals surface area contributed by atoms with Gasteiger partial charge in [-0.05, 0) is 38.5 Å². The highest BCUT2D eigenvalue weighted by Gasteiger charge is 2.41. The van der Waals surface area contributed by atoms with Crippen molar-refractivity contribution in [3.05, 3.63) is 0 Å². The van der Waals surface area contributed by atoms with Gasteiger partial charge in [-0.3, -0.25) is 5.41 Å². The summed E-state index contributed by atoms with van der Waals surface area (Å²) in [4.78, 5) is 2.20. The Balaban J connectivity index is 2.06. The van der Waals surface area contributed by atoms with E-state index >= 15 is 0 Å². The Labute approximate surface area is 85.9 Å². The summed E-state index contributed by atoms with van der Waals surface area (Å²) in [6.07, 6.45) is 6.98. The Morgan fingerprint density at radius 2 is 1.71 bits per heavy atom. The van der Waals surface area contributed by atoms with E-state index in [1.807, 2.05) is 0 Å². The molecule has 0 aromatic carbocycles. The summed E-state index contributed by atoms with van der Waals surface area (Å²) in [5, 5.41) is 8.23. The van der Waals surface area contributed by atoms with Crippen molar-refractivity contribution in [2.45, 2.75) is 44.1 Å². The van der Waals surface area contributed by atoms with Crippen LogP contribution in [0.5, 0.6) is 0 Å². The summed E-state index contributed by atoms with van der Waals surface area (Å²) >= 11 is 0. The Morgan fingerprint density at radius 1 is 1.14 bits per heavy atom. The van der Waals surface area contributed by atoms with Crippen molar-refractivity contribution in [2.24, 2.45) is 0 Å². The predicted octanol–water partition coefficient (Wildman–Crippen LogP) is 2.02. The van der Waals surface area contributed by atoms with Gasteiger partial charge in [0.05, 0.1) is 0 Å². The van der Waals surface area contributed by atoms with Crippen LogP contribution in [0.25, 0.3) is 0 Å². The molecule has 1 heterocycles. The molecule has 0 amide bonds. The van der Waals surface area contributed by atoms with Crippen LogP contribution in [0.3, 0.4) is 0 Å². The zero-order chi connectivity index (χ0) is 10.0. The number of ether oxygens (including phenoxy) is 1. The standard InChI is InChI=1S/C11H20N2O/c1-14-11(6-2-3-7-11)10(12)13-8-4-5-9-13/h12H,2-9H2,1H3. The van der Waals surface area contributed by atoms with Crippen molar-refractivity contribution in [1.29, 1.82) is 5.41 Å². The number of rotatable bonds is 2. The molecule has 1 N–H and O–H groups in total. The molecule has 0 bridgehead atoms. The van der Waals surface area contributed by atoms with Crippen LogP contribution in [0.2, 0.25) is 0 Å². The van der Waals surface area contributed by atoms with Gasteiger partial charge in [-0.15, -0.1) is 0 Å². The molecule has 2 aliphatic rings. The minimum atomic E-state index is -0.232. The van der Waals surface area contributed by atoms with Crippen molar-refractivity contribution in [1.82, 2.24) is 4.90 Å². The lowest BCUT2D eigenvalue weighted by Gasteiger charge is -2.33. The fourth-order valence-corrected chi connectivity index (χ4v) is 2.71. The fraction of sp³-hybridized carbons (Fsp3) is 0.909. The van der Waals surface area contributed by atoms with Crippen molar-refractivity contribution in [3.8, 4) is 0 Å². The van der Waals surface area contributed by atoms with Gasteiger partial charge in [0.2, 0.25) is 0 Å². The van der Waals surface area contributed by atoms with Crippen molar-refractivity contribution in [2.75, 3.05) is 20.2 Å². The molecule has 0 radical (unpaired) electrons. The highest BCUT2D eigenvalue weighted by molar-refractivity contribution is 5.88. The summed E-state index contributed by atoms with van der Waals surface area (Å²) in [7, 11) is 1.76. The van der Waals surface area contributed by atoms with Gasteiger partial charge in [0.15, 0.2) is 0 Å². The first-order valence-electron chi connectivity index (χ1n) is 5.68. The van der Waals surface area contributed by atoms with E-state index < -0.39 is 0 Å². The first-order valence-corrected chi connectivity index (χ1v) is 5.68.